The van der Waals surface area contributed by atoms with E-state index in [-0.39, 0.29) is 16.7 Å². The second kappa shape index (κ2) is 12.7. The molecule has 172 valence electrons. The van der Waals surface area contributed by atoms with Crippen LogP contribution in [0.2, 0.25) is 0 Å². The summed E-state index contributed by atoms with van der Waals surface area (Å²) < 4.78 is 0. The average Bonchev–Trinajstić information content (AvgIpc) is 2.80. The number of nitro groups is 1. The van der Waals surface area contributed by atoms with Crippen molar-refractivity contribution >= 4 is 52.5 Å². The number of carbonyl (C=O) groups is 3. The summed E-state index contributed by atoms with van der Waals surface area (Å²) in [5.41, 5.74) is 6.23. The predicted molar refractivity (Wildman–Crippen MR) is 128 cm³/mol. The van der Waals surface area contributed by atoms with Gasteiger partial charge in [0.15, 0.2) is 5.11 Å². The molecule has 4 N–H and O–H groups in total. The zero-order valence-corrected chi connectivity index (χ0v) is 18.6. The Morgan fingerprint density at radius 2 is 1.70 bits per heavy atom. The number of carbonyl (C=O) groups excluding carboxylic acids is 3. The van der Waals surface area contributed by atoms with E-state index in [2.05, 4.69) is 21.5 Å². The zero-order chi connectivity index (χ0) is 24.2. The highest BCUT2D eigenvalue weighted by Crippen LogP contribution is 2.13. The molecule has 3 amide bonds. The Morgan fingerprint density at radius 1 is 1.03 bits per heavy atom. The monoisotopic (exact) mass is 469 g/mol. The van der Waals surface area contributed by atoms with Crippen LogP contribution in [-0.4, -0.2) is 27.8 Å². The fourth-order valence-corrected chi connectivity index (χ4v) is 2.67. The van der Waals surface area contributed by atoms with Gasteiger partial charge in [0, 0.05) is 35.9 Å². The lowest BCUT2D eigenvalue weighted by Gasteiger charge is -2.10. The van der Waals surface area contributed by atoms with E-state index in [1.54, 1.807) is 24.3 Å². The second-order valence-corrected chi connectivity index (χ2v) is 7.22. The molecule has 0 saturated carbocycles. The Hall–Kier alpha value is -4.12. The van der Waals surface area contributed by atoms with Crippen LogP contribution in [0.3, 0.4) is 0 Å². The fourth-order valence-electron chi connectivity index (χ4n) is 2.52. The van der Waals surface area contributed by atoms with Crippen LogP contribution in [0.25, 0.3) is 6.08 Å². The molecule has 0 heterocycles. The molecule has 10 nitrogen and oxygen atoms in total. The smallest absolute Gasteiger partial charge is 0.269 e. The van der Waals surface area contributed by atoms with Gasteiger partial charge >= 0.3 is 0 Å². The van der Waals surface area contributed by atoms with Gasteiger partial charge in [-0.2, -0.15) is 0 Å². The first kappa shape index (κ1) is 25.1. The first-order valence-electron chi connectivity index (χ1n) is 10.0. The van der Waals surface area contributed by atoms with Gasteiger partial charge in [-0.15, -0.1) is 0 Å². The Bertz CT molecular complexity index is 1050. The van der Waals surface area contributed by atoms with Crippen molar-refractivity contribution in [3.63, 3.8) is 0 Å². The normalized spacial score (nSPS) is 10.3. The minimum atomic E-state index is -0.553. The Morgan fingerprint density at radius 3 is 2.30 bits per heavy atom. The van der Waals surface area contributed by atoms with Crippen LogP contribution < -0.4 is 21.5 Å². The number of rotatable bonds is 8. The van der Waals surface area contributed by atoms with Crippen molar-refractivity contribution in [2.24, 2.45) is 0 Å². The number of amides is 3. The van der Waals surface area contributed by atoms with Crippen LogP contribution in [0, 0.1) is 10.1 Å². The van der Waals surface area contributed by atoms with Gasteiger partial charge in [-0.3, -0.25) is 40.7 Å². The van der Waals surface area contributed by atoms with Crippen LogP contribution in [0.5, 0.6) is 0 Å². The molecule has 0 spiro atoms. The van der Waals surface area contributed by atoms with Crippen molar-refractivity contribution < 1.29 is 19.3 Å². The number of thiocarbonyl (C=S) groups is 1. The van der Waals surface area contributed by atoms with Gasteiger partial charge in [0.25, 0.3) is 11.6 Å². The molecule has 0 bridgehead atoms. The first-order chi connectivity index (χ1) is 15.8. The molecule has 11 heteroatoms. The first-order valence-corrected chi connectivity index (χ1v) is 10.4. The molecule has 0 aromatic heterocycles. The lowest BCUT2D eigenvalue weighted by Crippen LogP contribution is -2.48. The number of nitrogens with zero attached hydrogens (tertiary/aromatic N) is 1. The number of nitro benzene ring substituents is 1. The molecular weight excluding hydrogens is 446 g/mol. The summed E-state index contributed by atoms with van der Waals surface area (Å²) in [6.45, 7) is 2.00. The van der Waals surface area contributed by atoms with E-state index >= 15 is 0 Å². The Labute approximate surface area is 195 Å². The molecule has 0 saturated heterocycles. The van der Waals surface area contributed by atoms with E-state index in [1.165, 1.54) is 36.4 Å². The maximum absolute atomic E-state index is 12.2. The lowest BCUT2D eigenvalue weighted by atomic mass is 10.2. The van der Waals surface area contributed by atoms with Gasteiger partial charge < -0.3 is 5.32 Å². The van der Waals surface area contributed by atoms with Gasteiger partial charge in [-0.05, 0) is 66.7 Å². The maximum atomic E-state index is 12.2. The molecule has 0 unspecified atom stereocenters. The third-order valence-electron chi connectivity index (χ3n) is 4.25. The predicted octanol–water partition coefficient (Wildman–Crippen LogP) is 3.07. The molecule has 0 aliphatic carbocycles. The molecule has 0 aliphatic rings. The standard InChI is InChI=1S/C22H23N5O5S/c1-2-3-4-19(28)23-17-10-8-16(9-11-17)21(30)25-26-22(33)24-20(29)14-7-15-5-12-18(13-6-15)27(31)32/h5-14H,2-4H2,1H3,(H,23,28)(H,25,30)(H2,24,26,29,33)/b14-7+. The third-order valence-corrected chi connectivity index (χ3v) is 4.45. The molecule has 2 aromatic carbocycles. The molecule has 2 rings (SSSR count). The molecular formula is C22H23N5O5S. The number of unbranched alkanes of at least 4 members (excludes halogenated alkanes) is 1. The van der Waals surface area contributed by atoms with E-state index in [0.29, 0.717) is 23.2 Å². The highest BCUT2D eigenvalue weighted by Gasteiger charge is 2.08. The fraction of sp³-hybridized carbons (Fsp3) is 0.182. The number of nitrogens with one attached hydrogen (secondary N) is 4. The molecule has 0 fully saturated rings. The maximum Gasteiger partial charge on any atom is 0.269 e. The van der Waals surface area contributed by atoms with E-state index in [4.69, 9.17) is 12.2 Å². The van der Waals surface area contributed by atoms with Crippen LogP contribution in [0.1, 0.15) is 42.1 Å². The van der Waals surface area contributed by atoms with Crippen molar-refractivity contribution in [1.29, 1.82) is 0 Å². The molecule has 2 aromatic rings. The van der Waals surface area contributed by atoms with Crippen molar-refractivity contribution in [2.45, 2.75) is 26.2 Å². The SMILES string of the molecule is CCCCC(=O)Nc1ccc(C(=O)NNC(=S)NC(=O)/C=C/c2ccc([N+](=O)[O-])cc2)cc1. The minimum Gasteiger partial charge on any atom is -0.326 e. The van der Waals surface area contributed by atoms with Gasteiger partial charge in [0.2, 0.25) is 11.8 Å². The number of non-ortho nitro benzene ring substituents is 1. The summed E-state index contributed by atoms with van der Waals surface area (Å²) in [6.07, 6.45) is 4.83. The quantitative estimate of drug-likeness (QED) is 0.201. The van der Waals surface area contributed by atoms with E-state index in [1.807, 2.05) is 6.92 Å². The summed E-state index contributed by atoms with van der Waals surface area (Å²) in [5.74, 6) is -1.13. The number of hydrogen-bond donors (Lipinski definition) is 4. The summed E-state index contributed by atoms with van der Waals surface area (Å²) >= 11 is 4.96. The zero-order valence-electron chi connectivity index (χ0n) is 17.8. The van der Waals surface area contributed by atoms with E-state index < -0.39 is 16.7 Å². The highest BCUT2D eigenvalue weighted by atomic mass is 32.1. The largest absolute Gasteiger partial charge is 0.326 e. The van der Waals surface area contributed by atoms with Gasteiger partial charge in [0.05, 0.1) is 4.92 Å². The lowest BCUT2D eigenvalue weighted by molar-refractivity contribution is -0.384. The topological polar surface area (TPSA) is 142 Å². The van der Waals surface area contributed by atoms with Crippen molar-refractivity contribution in [3.8, 4) is 0 Å². The van der Waals surface area contributed by atoms with E-state index in [0.717, 1.165) is 12.8 Å². The number of hydrogen-bond acceptors (Lipinski definition) is 6. The van der Waals surface area contributed by atoms with Crippen LogP contribution in [-0.2, 0) is 9.59 Å². The summed E-state index contributed by atoms with van der Waals surface area (Å²) in [5, 5.41) is 15.6. The van der Waals surface area contributed by atoms with Gasteiger partial charge in [-0.1, -0.05) is 13.3 Å². The number of hydrazine groups is 1. The molecule has 0 atom stereocenters. The Kier molecular flexibility index (Phi) is 9.65. The molecule has 33 heavy (non-hydrogen) atoms. The number of anilines is 1. The second-order valence-electron chi connectivity index (χ2n) is 6.81. The third kappa shape index (κ3) is 8.87. The molecule has 0 radical (unpaired) electrons. The Balaban J connectivity index is 1.77. The summed E-state index contributed by atoms with van der Waals surface area (Å²) in [7, 11) is 0. The van der Waals surface area contributed by atoms with Gasteiger partial charge in [0.1, 0.15) is 0 Å². The van der Waals surface area contributed by atoms with Crippen molar-refractivity contribution in [1.82, 2.24) is 16.2 Å². The average molecular weight is 470 g/mol. The van der Waals surface area contributed by atoms with E-state index in [9.17, 15) is 24.5 Å². The van der Waals surface area contributed by atoms with Gasteiger partial charge in [-0.25, -0.2) is 0 Å². The summed E-state index contributed by atoms with van der Waals surface area (Å²) in [6, 6.07) is 12.0. The van der Waals surface area contributed by atoms with Crippen LogP contribution >= 0.6 is 12.2 Å². The summed E-state index contributed by atoms with van der Waals surface area (Å²) in [4.78, 5) is 46.0. The highest BCUT2D eigenvalue weighted by molar-refractivity contribution is 7.80. The van der Waals surface area contributed by atoms with Crippen LogP contribution in [0.4, 0.5) is 11.4 Å². The minimum absolute atomic E-state index is 0.0518. The molecule has 0 aliphatic heterocycles. The van der Waals surface area contributed by atoms with Crippen molar-refractivity contribution in [3.05, 3.63) is 75.8 Å². The van der Waals surface area contributed by atoms with Crippen LogP contribution in [0.15, 0.2) is 54.6 Å². The van der Waals surface area contributed by atoms with Crippen molar-refractivity contribution in [2.75, 3.05) is 5.32 Å². The number of benzene rings is 2.